The van der Waals surface area contributed by atoms with E-state index in [4.69, 9.17) is 4.74 Å². The zero-order valence-electron chi connectivity index (χ0n) is 16.3. The molecule has 2 amide bonds. The van der Waals surface area contributed by atoms with Crippen LogP contribution in [0.1, 0.15) is 29.5 Å². The van der Waals surface area contributed by atoms with E-state index < -0.39 is 0 Å². The maximum atomic E-state index is 13.4. The zero-order chi connectivity index (χ0) is 19.8. The first kappa shape index (κ1) is 18.1. The molecule has 3 aliphatic heterocycles. The minimum Gasteiger partial charge on any atom is -0.376 e. The van der Waals surface area contributed by atoms with Crippen molar-refractivity contribution in [3.05, 3.63) is 77.0 Å². The smallest absolute Gasteiger partial charge is 0.277 e. The van der Waals surface area contributed by atoms with Gasteiger partial charge in [-0.1, -0.05) is 54.6 Å². The fourth-order valence-electron chi connectivity index (χ4n) is 4.57. The zero-order valence-corrected chi connectivity index (χ0v) is 16.3. The maximum Gasteiger partial charge on any atom is 0.277 e. The number of nitrogens with zero attached hydrogens (tertiary/aromatic N) is 2. The van der Waals surface area contributed by atoms with Crippen LogP contribution in [0.4, 0.5) is 0 Å². The molecule has 0 radical (unpaired) electrons. The van der Waals surface area contributed by atoms with Gasteiger partial charge in [0, 0.05) is 19.7 Å². The van der Waals surface area contributed by atoms with E-state index in [0.717, 1.165) is 31.4 Å². The van der Waals surface area contributed by atoms with Gasteiger partial charge in [0.25, 0.3) is 11.8 Å². The van der Waals surface area contributed by atoms with E-state index >= 15 is 0 Å². The van der Waals surface area contributed by atoms with Gasteiger partial charge in [0.2, 0.25) is 0 Å². The van der Waals surface area contributed by atoms with Crippen molar-refractivity contribution in [2.75, 3.05) is 19.7 Å². The monoisotopic (exact) mass is 388 g/mol. The fourth-order valence-corrected chi connectivity index (χ4v) is 4.57. The van der Waals surface area contributed by atoms with Crippen LogP contribution in [-0.4, -0.2) is 47.4 Å². The van der Waals surface area contributed by atoms with Crippen molar-refractivity contribution in [3.63, 3.8) is 0 Å². The molecule has 2 aromatic rings. The summed E-state index contributed by atoms with van der Waals surface area (Å²) >= 11 is 0. The highest BCUT2D eigenvalue weighted by molar-refractivity contribution is 6.35. The third kappa shape index (κ3) is 3.25. The van der Waals surface area contributed by atoms with E-state index in [1.54, 1.807) is 0 Å². The first-order chi connectivity index (χ1) is 14.2. The number of imide groups is 1. The van der Waals surface area contributed by atoms with Gasteiger partial charge in [-0.15, -0.1) is 0 Å². The summed E-state index contributed by atoms with van der Waals surface area (Å²) in [7, 11) is 0. The third-order valence-corrected chi connectivity index (χ3v) is 6.06. The lowest BCUT2D eigenvalue weighted by molar-refractivity contribution is -0.139. The average molecular weight is 388 g/mol. The van der Waals surface area contributed by atoms with Crippen LogP contribution in [0.3, 0.4) is 0 Å². The van der Waals surface area contributed by atoms with E-state index in [0.29, 0.717) is 31.0 Å². The molecule has 148 valence electrons. The molecule has 1 unspecified atom stereocenters. The van der Waals surface area contributed by atoms with Gasteiger partial charge in [0.05, 0.1) is 18.2 Å². The van der Waals surface area contributed by atoms with Crippen molar-refractivity contribution in [1.29, 1.82) is 0 Å². The largest absolute Gasteiger partial charge is 0.376 e. The third-order valence-electron chi connectivity index (χ3n) is 6.06. The highest BCUT2D eigenvalue weighted by Crippen LogP contribution is 2.35. The Hall–Kier alpha value is -2.92. The molecule has 0 N–H and O–H groups in total. The Bertz CT molecular complexity index is 977. The normalized spacial score (nSPS) is 21.9. The Kier molecular flexibility index (Phi) is 4.68. The quantitative estimate of drug-likeness (QED) is 0.756. The molecule has 1 atom stereocenters. The molecule has 1 saturated heterocycles. The van der Waals surface area contributed by atoms with Crippen LogP contribution in [0.25, 0.3) is 5.57 Å². The lowest BCUT2D eigenvalue weighted by Crippen LogP contribution is -2.40. The molecule has 0 aromatic heterocycles. The van der Waals surface area contributed by atoms with Crippen molar-refractivity contribution in [3.8, 4) is 0 Å². The van der Waals surface area contributed by atoms with Crippen molar-refractivity contribution in [2.45, 2.75) is 31.9 Å². The van der Waals surface area contributed by atoms with Gasteiger partial charge in [0.1, 0.15) is 5.70 Å². The van der Waals surface area contributed by atoms with Gasteiger partial charge in [-0.3, -0.25) is 14.5 Å². The second-order valence-corrected chi connectivity index (χ2v) is 7.89. The second kappa shape index (κ2) is 7.48. The highest BCUT2D eigenvalue weighted by atomic mass is 16.5. The Labute approximate surface area is 170 Å². The van der Waals surface area contributed by atoms with Gasteiger partial charge < -0.3 is 9.64 Å². The molecule has 5 nitrogen and oxygen atoms in total. The van der Waals surface area contributed by atoms with Crippen LogP contribution in [0.15, 0.2) is 60.3 Å². The van der Waals surface area contributed by atoms with Crippen LogP contribution >= 0.6 is 0 Å². The number of hydrogen-bond acceptors (Lipinski definition) is 4. The molecule has 2 aromatic carbocycles. The van der Waals surface area contributed by atoms with E-state index in [1.807, 2.05) is 36.4 Å². The predicted octanol–water partition coefficient (Wildman–Crippen LogP) is 3.00. The van der Waals surface area contributed by atoms with Crippen molar-refractivity contribution in [2.24, 2.45) is 0 Å². The number of rotatable bonds is 4. The molecular weight excluding hydrogens is 364 g/mol. The molecule has 5 rings (SSSR count). The topological polar surface area (TPSA) is 49.9 Å². The number of carbonyl (C=O) groups is 2. The summed E-state index contributed by atoms with van der Waals surface area (Å²) in [5, 5.41) is 0. The van der Waals surface area contributed by atoms with Crippen LogP contribution in [-0.2, 0) is 27.3 Å². The first-order valence-electron chi connectivity index (χ1n) is 10.3. The standard InChI is InChI=1S/C24H24N2O3/c27-23-21(18-8-2-1-3-9-18)22(24(28)26(23)16-20-11-6-14-29-20)25-13-12-17-7-4-5-10-19(17)15-25/h1-5,7-10,20H,6,11-16H2. The number of carbonyl (C=O) groups excluding carboxylic acids is 2. The summed E-state index contributed by atoms with van der Waals surface area (Å²) in [5.41, 5.74) is 4.39. The lowest BCUT2D eigenvalue weighted by Gasteiger charge is -2.31. The predicted molar refractivity (Wildman–Crippen MR) is 110 cm³/mol. The Morgan fingerprint density at radius 2 is 1.69 bits per heavy atom. The van der Waals surface area contributed by atoms with Crippen LogP contribution in [0.2, 0.25) is 0 Å². The molecular formula is C24H24N2O3. The molecule has 3 aliphatic rings. The summed E-state index contributed by atoms with van der Waals surface area (Å²) in [5.74, 6) is -0.394. The molecule has 0 saturated carbocycles. The van der Waals surface area contributed by atoms with E-state index in [2.05, 4.69) is 23.1 Å². The number of hydrogen-bond donors (Lipinski definition) is 0. The fraction of sp³-hybridized carbons (Fsp3) is 0.333. The summed E-state index contributed by atoms with van der Waals surface area (Å²) in [6, 6.07) is 17.9. The molecule has 29 heavy (non-hydrogen) atoms. The summed E-state index contributed by atoms with van der Waals surface area (Å²) in [6.07, 6.45) is 2.69. The summed E-state index contributed by atoms with van der Waals surface area (Å²) in [4.78, 5) is 30.3. The maximum absolute atomic E-state index is 13.4. The molecule has 3 heterocycles. The Morgan fingerprint density at radius 1 is 0.931 bits per heavy atom. The lowest BCUT2D eigenvalue weighted by atomic mass is 9.98. The van der Waals surface area contributed by atoms with Gasteiger partial charge >= 0.3 is 0 Å². The first-order valence-corrected chi connectivity index (χ1v) is 10.3. The molecule has 0 spiro atoms. The van der Waals surface area contributed by atoms with Crippen molar-refractivity contribution in [1.82, 2.24) is 9.80 Å². The molecule has 5 heteroatoms. The van der Waals surface area contributed by atoms with Gasteiger partial charge in [0.15, 0.2) is 0 Å². The van der Waals surface area contributed by atoms with E-state index in [9.17, 15) is 9.59 Å². The molecule has 0 bridgehead atoms. The van der Waals surface area contributed by atoms with Gasteiger partial charge in [-0.25, -0.2) is 0 Å². The number of ether oxygens (including phenoxy) is 1. The SMILES string of the molecule is O=C1C(c2ccccc2)=C(N2CCc3ccccc3C2)C(=O)N1CC1CCCO1. The minimum absolute atomic E-state index is 0.0543. The molecule has 0 aliphatic carbocycles. The Morgan fingerprint density at radius 3 is 2.45 bits per heavy atom. The number of benzene rings is 2. The van der Waals surface area contributed by atoms with Gasteiger partial charge in [-0.05, 0) is 36.0 Å². The number of amides is 2. The summed E-state index contributed by atoms with van der Waals surface area (Å²) in [6.45, 7) is 2.42. The van der Waals surface area contributed by atoms with Crippen molar-refractivity contribution < 1.29 is 14.3 Å². The van der Waals surface area contributed by atoms with E-state index in [-0.39, 0.29) is 17.9 Å². The summed E-state index contributed by atoms with van der Waals surface area (Å²) < 4.78 is 5.70. The van der Waals surface area contributed by atoms with Crippen LogP contribution < -0.4 is 0 Å². The molecule has 1 fully saturated rings. The van der Waals surface area contributed by atoms with Crippen LogP contribution in [0.5, 0.6) is 0 Å². The van der Waals surface area contributed by atoms with Crippen molar-refractivity contribution >= 4 is 17.4 Å². The minimum atomic E-state index is -0.203. The van der Waals surface area contributed by atoms with Crippen LogP contribution in [0, 0.1) is 0 Å². The Balaban J connectivity index is 1.52. The number of fused-ring (bicyclic) bond motifs is 1. The second-order valence-electron chi connectivity index (χ2n) is 7.89. The highest BCUT2D eigenvalue weighted by Gasteiger charge is 2.43. The van der Waals surface area contributed by atoms with Gasteiger partial charge in [-0.2, -0.15) is 0 Å². The average Bonchev–Trinajstić information content (AvgIpc) is 3.36. The van der Waals surface area contributed by atoms with E-state index in [1.165, 1.54) is 16.0 Å².